The van der Waals surface area contributed by atoms with Gasteiger partial charge in [-0.25, -0.2) is 4.98 Å². The second kappa shape index (κ2) is 9.23. The summed E-state index contributed by atoms with van der Waals surface area (Å²) >= 11 is 0. The highest BCUT2D eigenvalue weighted by molar-refractivity contribution is 5.51. The number of rotatable bonds is 5. The lowest BCUT2D eigenvalue weighted by atomic mass is 9.81. The highest BCUT2D eigenvalue weighted by atomic mass is 19.4. The first-order valence-electron chi connectivity index (χ1n) is 12.0. The third kappa shape index (κ3) is 4.53. The quantitative estimate of drug-likeness (QED) is 0.618. The van der Waals surface area contributed by atoms with E-state index in [2.05, 4.69) is 39.0 Å². The minimum atomic E-state index is -4.40. The van der Waals surface area contributed by atoms with E-state index in [4.69, 9.17) is 4.74 Å². The number of hydrogen-bond acceptors (Lipinski definition) is 5. The Balaban J connectivity index is 1.37. The molecule has 34 heavy (non-hydrogen) atoms. The molecule has 0 amide bonds. The summed E-state index contributed by atoms with van der Waals surface area (Å²) in [7, 11) is 0. The molecule has 0 spiro atoms. The number of ether oxygens (including phenoxy) is 1. The van der Waals surface area contributed by atoms with Crippen LogP contribution in [0.5, 0.6) is 0 Å². The number of fused-ring (bicyclic) bond motifs is 2. The molecule has 1 atom stereocenters. The van der Waals surface area contributed by atoms with Crippen LogP contribution in [0, 0.1) is 0 Å². The lowest BCUT2D eigenvalue weighted by Gasteiger charge is -2.55. The number of alkyl halides is 3. The van der Waals surface area contributed by atoms with Crippen molar-refractivity contribution < 1.29 is 17.9 Å². The normalized spacial score (nSPS) is 24.3. The van der Waals surface area contributed by atoms with Gasteiger partial charge in [0.15, 0.2) is 0 Å². The van der Waals surface area contributed by atoms with Gasteiger partial charge in [0.05, 0.1) is 17.9 Å². The molecule has 5 nitrogen and oxygen atoms in total. The van der Waals surface area contributed by atoms with Crippen LogP contribution in [0.3, 0.4) is 0 Å². The van der Waals surface area contributed by atoms with Crippen molar-refractivity contribution in [3.63, 3.8) is 0 Å². The number of pyridine rings is 1. The molecule has 0 N–H and O–H groups in total. The summed E-state index contributed by atoms with van der Waals surface area (Å²) in [6, 6.07) is 12.7. The monoisotopic (exact) mass is 472 g/mol. The van der Waals surface area contributed by atoms with Crippen LogP contribution in [-0.4, -0.2) is 59.7 Å². The van der Waals surface area contributed by atoms with Gasteiger partial charge < -0.3 is 9.64 Å². The van der Waals surface area contributed by atoms with E-state index in [-0.39, 0.29) is 5.54 Å². The summed E-state index contributed by atoms with van der Waals surface area (Å²) in [5.41, 5.74) is 1.45. The predicted molar refractivity (Wildman–Crippen MR) is 125 cm³/mol. The molecule has 8 heteroatoms. The molecule has 1 unspecified atom stereocenters. The molecule has 3 aliphatic rings. The van der Waals surface area contributed by atoms with E-state index in [1.807, 2.05) is 17.9 Å². The maximum Gasteiger partial charge on any atom is 0.416 e. The van der Waals surface area contributed by atoms with Crippen LogP contribution in [0.1, 0.15) is 37.3 Å². The highest BCUT2D eigenvalue weighted by Crippen LogP contribution is 2.43. The van der Waals surface area contributed by atoms with Crippen LogP contribution >= 0.6 is 0 Å². The van der Waals surface area contributed by atoms with Crippen LogP contribution in [0.15, 0.2) is 60.1 Å². The van der Waals surface area contributed by atoms with Crippen LogP contribution in [0.25, 0.3) is 0 Å². The van der Waals surface area contributed by atoms with E-state index in [1.54, 1.807) is 0 Å². The third-order valence-electron chi connectivity index (χ3n) is 7.41. The molecule has 5 rings (SSSR count). The van der Waals surface area contributed by atoms with E-state index in [0.29, 0.717) is 25.4 Å². The van der Waals surface area contributed by atoms with Crippen LogP contribution in [-0.2, 0) is 17.5 Å². The molecule has 0 radical (unpaired) electrons. The number of nitrogens with zero attached hydrogens (tertiary/aromatic N) is 4. The Kier molecular flexibility index (Phi) is 6.29. The number of aromatic nitrogens is 1. The van der Waals surface area contributed by atoms with E-state index >= 15 is 0 Å². The Morgan fingerprint density at radius 2 is 1.82 bits per heavy atom. The average Bonchev–Trinajstić information content (AvgIpc) is 2.84. The maximum absolute atomic E-state index is 13.4. The number of halogens is 3. The summed E-state index contributed by atoms with van der Waals surface area (Å²) in [5, 5.41) is 0. The van der Waals surface area contributed by atoms with E-state index in [1.165, 1.54) is 17.8 Å². The summed E-state index contributed by atoms with van der Waals surface area (Å²) in [6.07, 6.45) is -0.775. The zero-order valence-electron chi connectivity index (χ0n) is 19.5. The number of piperazine rings is 1. The SMILES string of the molecule is CCC1=C2CC(N3CCN(Cc4ccccc4)CC3)(CCO2)CN1c1cc(C(F)(F)F)ccn1. The van der Waals surface area contributed by atoms with Crippen LogP contribution in [0.2, 0.25) is 0 Å². The molecule has 2 bridgehead atoms. The molecular formula is C26H31F3N4O. The van der Waals surface area contributed by atoms with Crippen LogP contribution < -0.4 is 4.90 Å². The van der Waals surface area contributed by atoms with E-state index < -0.39 is 11.7 Å². The Bertz CT molecular complexity index is 1030. The summed E-state index contributed by atoms with van der Waals surface area (Å²) in [5.74, 6) is 1.26. The fourth-order valence-electron chi connectivity index (χ4n) is 5.60. The molecule has 2 fully saturated rings. The van der Waals surface area contributed by atoms with E-state index in [9.17, 15) is 13.2 Å². The number of anilines is 1. The average molecular weight is 473 g/mol. The van der Waals surface area contributed by atoms with Gasteiger partial charge in [0, 0.05) is 63.8 Å². The van der Waals surface area contributed by atoms with Crippen molar-refractivity contribution >= 4 is 5.82 Å². The molecule has 182 valence electrons. The first kappa shape index (κ1) is 23.2. The fraction of sp³-hybridized carbons (Fsp3) is 0.500. The minimum absolute atomic E-state index is 0.152. The highest BCUT2D eigenvalue weighted by Gasteiger charge is 2.48. The first-order valence-corrected chi connectivity index (χ1v) is 12.0. The standard InChI is InChI=1S/C26H31F3N4O/c1-2-22-23-17-25(9-15-34-23,19-33(22)24-16-21(8-10-30-24)26(27,28)29)32-13-11-31(12-14-32)18-20-6-4-3-5-7-20/h3-8,10,16H,2,9,11-15,17-19H2,1H3. The van der Waals surface area contributed by atoms with Gasteiger partial charge in [0.2, 0.25) is 0 Å². The van der Waals surface area contributed by atoms with Gasteiger partial charge in [-0.3, -0.25) is 9.80 Å². The fourth-order valence-corrected chi connectivity index (χ4v) is 5.60. The largest absolute Gasteiger partial charge is 0.496 e. The zero-order chi connectivity index (χ0) is 23.8. The molecular weight excluding hydrogens is 441 g/mol. The number of hydrogen-bond donors (Lipinski definition) is 0. The molecule has 0 saturated carbocycles. The van der Waals surface area contributed by atoms with Crippen molar-refractivity contribution in [2.75, 3.05) is 44.2 Å². The van der Waals surface area contributed by atoms with Gasteiger partial charge >= 0.3 is 6.18 Å². The van der Waals surface area contributed by atoms with E-state index in [0.717, 1.165) is 63.1 Å². The molecule has 2 aromatic rings. The van der Waals surface area contributed by atoms with Crippen LogP contribution in [0.4, 0.5) is 19.0 Å². The number of allylic oxidation sites excluding steroid dienone is 1. The van der Waals surface area contributed by atoms with Gasteiger partial charge in [-0.2, -0.15) is 13.2 Å². The van der Waals surface area contributed by atoms with Crippen molar-refractivity contribution in [2.45, 2.75) is 44.4 Å². The van der Waals surface area contributed by atoms with Crippen molar-refractivity contribution in [3.8, 4) is 0 Å². The Hall–Kier alpha value is -2.58. The van der Waals surface area contributed by atoms with Gasteiger partial charge in [-0.15, -0.1) is 0 Å². The maximum atomic E-state index is 13.4. The summed E-state index contributed by atoms with van der Waals surface area (Å²) < 4.78 is 46.3. The van der Waals surface area contributed by atoms with Crippen molar-refractivity contribution in [2.24, 2.45) is 0 Å². The van der Waals surface area contributed by atoms with Gasteiger partial charge in [0.25, 0.3) is 0 Å². The van der Waals surface area contributed by atoms with Crippen molar-refractivity contribution in [1.29, 1.82) is 0 Å². The lowest BCUT2D eigenvalue weighted by Crippen LogP contribution is -2.64. The zero-order valence-corrected chi connectivity index (χ0v) is 19.5. The molecule has 4 heterocycles. The second-order valence-electron chi connectivity index (χ2n) is 9.46. The Morgan fingerprint density at radius 3 is 2.53 bits per heavy atom. The molecule has 2 saturated heterocycles. The second-order valence-corrected chi connectivity index (χ2v) is 9.46. The Labute approximate surface area is 198 Å². The van der Waals surface area contributed by atoms with Gasteiger partial charge in [-0.05, 0) is 24.1 Å². The van der Waals surface area contributed by atoms with Crippen molar-refractivity contribution in [3.05, 3.63) is 71.2 Å². The minimum Gasteiger partial charge on any atom is -0.496 e. The lowest BCUT2D eigenvalue weighted by molar-refractivity contribution is -0.137. The molecule has 1 aromatic heterocycles. The van der Waals surface area contributed by atoms with Gasteiger partial charge in [0.1, 0.15) is 11.6 Å². The van der Waals surface area contributed by atoms with Crippen molar-refractivity contribution in [1.82, 2.24) is 14.8 Å². The Morgan fingerprint density at radius 1 is 1.06 bits per heavy atom. The number of benzene rings is 1. The first-order chi connectivity index (χ1) is 16.4. The molecule has 1 aromatic carbocycles. The topological polar surface area (TPSA) is 31.8 Å². The summed E-state index contributed by atoms with van der Waals surface area (Å²) in [4.78, 5) is 11.3. The summed E-state index contributed by atoms with van der Waals surface area (Å²) in [6.45, 7) is 8.06. The van der Waals surface area contributed by atoms with Gasteiger partial charge in [-0.1, -0.05) is 37.3 Å². The predicted octanol–water partition coefficient (Wildman–Crippen LogP) is 4.91. The molecule has 0 aliphatic carbocycles. The smallest absolute Gasteiger partial charge is 0.416 e. The third-order valence-corrected chi connectivity index (χ3v) is 7.41. The molecule has 3 aliphatic heterocycles.